The molecule has 2 rings (SSSR count). The Balaban J connectivity index is 2.30. The monoisotopic (exact) mass is 358 g/mol. The number of benzene rings is 2. The molecule has 7 heteroatoms. The first-order chi connectivity index (χ1) is 12.4. The second kappa shape index (κ2) is 8.24. The van der Waals surface area contributed by atoms with Crippen LogP contribution >= 0.6 is 0 Å². The van der Waals surface area contributed by atoms with Gasteiger partial charge in [0.2, 0.25) is 5.75 Å². The van der Waals surface area contributed by atoms with Crippen LogP contribution in [0.4, 0.5) is 5.69 Å². The van der Waals surface area contributed by atoms with Crippen molar-refractivity contribution in [2.24, 2.45) is 0 Å². The molecule has 0 aliphatic rings. The molecule has 0 bridgehead atoms. The van der Waals surface area contributed by atoms with E-state index < -0.39 is 0 Å². The summed E-state index contributed by atoms with van der Waals surface area (Å²) in [6, 6.07) is 9.86. The summed E-state index contributed by atoms with van der Waals surface area (Å²) in [4.78, 5) is 26.1. The number of hydrogen-bond acceptors (Lipinski definition) is 5. The third-order valence-corrected chi connectivity index (χ3v) is 3.70. The van der Waals surface area contributed by atoms with E-state index in [2.05, 4.69) is 5.32 Å². The molecule has 7 nitrogen and oxygen atoms in total. The van der Waals surface area contributed by atoms with Crippen molar-refractivity contribution in [3.63, 3.8) is 0 Å². The normalized spacial score (nSPS) is 10.0. The van der Waals surface area contributed by atoms with Gasteiger partial charge in [-0.05, 0) is 30.3 Å². The summed E-state index contributed by atoms with van der Waals surface area (Å²) in [5, 5.41) is 2.77. The summed E-state index contributed by atoms with van der Waals surface area (Å²) < 4.78 is 15.8. The average molecular weight is 358 g/mol. The molecule has 0 spiro atoms. The molecule has 0 aliphatic heterocycles. The highest BCUT2D eigenvalue weighted by atomic mass is 16.5. The molecule has 0 aliphatic carbocycles. The molecule has 2 amide bonds. The summed E-state index contributed by atoms with van der Waals surface area (Å²) in [5.41, 5.74) is 1.33. The summed E-state index contributed by atoms with van der Waals surface area (Å²) >= 11 is 0. The van der Waals surface area contributed by atoms with Crippen molar-refractivity contribution in [2.75, 3.05) is 40.7 Å². The molecule has 2 aromatic carbocycles. The van der Waals surface area contributed by atoms with Crippen LogP contribution in [0.5, 0.6) is 17.2 Å². The largest absolute Gasteiger partial charge is 0.493 e. The predicted molar refractivity (Wildman–Crippen MR) is 98.5 cm³/mol. The van der Waals surface area contributed by atoms with Crippen molar-refractivity contribution < 1.29 is 23.8 Å². The van der Waals surface area contributed by atoms with Gasteiger partial charge >= 0.3 is 0 Å². The number of rotatable bonds is 6. The van der Waals surface area contributed by atoms with E-state index in [0.717, 1.165) is 0 Å². The number of ether oxygens (including phenoxy) is 3. The Labute approximate surface area is 152 Å². The van der Waals surface area contributed by atoms with Crippen LogP contribution in [0.1, 0.15) is 20.7 Å². The second-order valence-corrected chi connectivity index (χ2v) is 5.65. The Morgan fingerprint density at radius 1 is 0.885 bits per heavy atom. The molecular formula is C19H22N2O5. The molecule has 0 radical (unpaired) electrons. The molecule has 0 unspecified atom stereocenters. The lowest BCUT2D eigenvalue weighted by atomic mass is 10.1. The van der Waals surface area contributed by atoms with E-state index in [9.17, 15) is 9.59 Å². The fourth-order valence-electron chi connectivity index (χ4n) is 2.40. The van der Waals surface area contributed by atoms with Crippen LogP contribution in [0, 0.1) is 0 Å². The zero-order valence-electron chi connectivity index (χ0n) is 15.5. The Kier molecular flexibility index (Phi) is 6.06. The van der Waals surface area contributed by atoms with Crippen molar-refractivity contribution in [1.82, 2.24) is 4.90 Å². The minimum Gasteiger partial charge on any atom is -0.493 e. The van der Waals surface area contributed by atoms with E-state index in [-0.39, 0.29) is 11.8 Å². The fraction of sp³-hybridized carbons (Fsp3) is 0.263. The minimum atomic E-state index is -0.362. The maximum atomic E-state index is 12.6. The Morgan fingerprint density at radius 2 is 1.50 bits per heavy atom. The molecule has 0 fully saturated rings. The van der Waals surface area contributed by atoms with E-state index in [0.29, 0.717) is 34.1 Å². The van der Waals surface area contributed by atoms with Gasteiger partial charge in [-0.2, -0.15) is 0 Å². The van der Waals surface area contributed by atoms with Crippen LogP contribution in [0.3, 0.4) is 0 Å². The third kappa shape index (κ3) is 4.05. The lowest BCUT2D eigenvalue weighted by molar-refractivity contribution is 0.0827. The second-order valence-electron chi connectivity index (χ2n) is 5.65. The smallest absolute Gasteiger partial charge is 0.255 e. The quantitative estimate of drug-likeness (QED) is 0.859. The molecule has 0 aromatic heterocycles. The third-order valence-electron chi connectivity index (χ3n) is 3.70. The van der Waals surface area contributed by atoms with Crippen LogP contribution in [-0.2, 0) is 0 Å². The lowest BCUT2D eigenvalue weighted by Gasteiger charge is -2.14. The highest BCUT2D eigenvalue weighted by Crippen LogP contribution is 2.38. The zero-order valence-corrected chi connectivity index (χ0v) is 15.5. The van der Waals surface area contributed by atoms with Crippen LogP contribution in [0.25, 0.3) is 0 Å². The number of anilines is 1. The van der Waals surface area contributed by atoms with E-state index in [4.69, 9.17) is 14.2 Å². The standard InChI is InChI=1S/C19H22N2O5/c1-21(2)19(23)12-7-6-8-14(9-12)20-18(22)13-10-15(24-3)17(26-5)16(11-13)25-4/h6-11H,1-5H3,(H,20,22). The van der Waals surface area contributed by atoms with Gasteiger partial charge in [0.25, 0.3) is 11.8 Å². The Morgan fingerprint density at radius 3 is 2.00 bits per heavy atom. The van der Waals surface area contributed by atoms with Gasteiger partial charge in [-0.1, -0.05) is 6.07 Å². The average Bonchev–Trinajstić information content (AvgIpc) is 2.65. The molecule has 1 N–H and O–H groups in total. The van der Waals surface area contributed by atoms with Gasteiger partial charge in [-0.25, -0.2) is 0 Å². The van der Waals surface area contributed by atoms with E-state index >= 15 is 0 Å². The number of carbonyl (C=O) groups excluding carboxylic acids is 2. The van der Waals surface area contributed by atoms with Crippen molar-refractivity contribution >= 4 is 17.5 Å². The van der Waals surface area contributed by atoms with Gasteiger partial charge in [0.05, 0.1) is 21.3 Å². The summed E-state index contributed by atoms with van der Waals surface area (Å²) in [7, 11) is 7.80. The van der Waals surface area contributed by atoms with Crippen molar-refractivity contribution in [3.05, 3.63) is 47.5 Å². The van der Waals surface area contributed by atoms with Crippen LogP contribution < -0.4 is 19.5 Å². The molecular weight excluding hydrogens is 336 g/mol. The van der Waals surface area contributed by atoms with Gasteiger partial charge < -0.3 is 24.4 Å². The number of carbonyl (C=O) groups is 2. The number of hydrogen-bond donors (Lipinski definition) is 1. The molecule has 0 atom stereocenters. The van der Waals surface area contributed by atoms with Gasteiger partial charge in [0.15, 0.2) is 11.5 Å². The highest BCUT2D eigenvalue weighted by molar-refractivity contribution is 6.05. The van der Waals surface area contributed by atoms with Crippen LogP contribution in [-0.4, -0.2) is 52.1 Å². The van der Waals surface area contributed by atoms with Crippen LogP contribution in [0.15, 0.2) is 36.4 Å². The van der Waals surface area contributed by atoms with E-state index in [1.54, 1.807) is 50.5 Å². The van der Waals surface area contributed by atoms with Gasteiger partial charge in [0, 0.05) is 30.9 Å². The van der Waals surface area contributed by atoms with Crippen molar-refractivity contribution in [1.29, 1.82) is 0 Å². The van der Waals surface area contributed by atoms with Crippen LogP contribution in [0.2, 0.25) is 0 Å². The number of methoxy groups -OCH3 is 3. The molecule has 0 saturated heterocycles. The number of nitrogens with zero attached hydrogens (tertiary/aromatic N) is 1. The molecule has 0 heterocycles. The summed E-state index contributed by atoms with van der Waals surface area (Å²) in [5.74, 6) is 0.666. The Hall–Kier alpha value is -3.22. The number of amides is 2. The van der Waals surface area contributed by atoms with Crippen molar-refractivity contribution in [2.45, 2.75) is 0 Å². The van der Waals surface area contributed by atoms with Gasteiger partial charge in [-0.15, -0.1) is 0 Å². The summed E-state index contributed by atoms with van der Waals surface area (Å²) in [6.07, 6.45) is 0. The molecule has 26 heavy (non-hydrogen) atoms. The number of nitrogens with one attached hydrogen (secondary N) is 1. The van der Waals surface area contributed by atoms with Crippen molar-refractivity contribution in [3.8, 4) is 17.2 Å². The lowest BCUT2D eigenvalue weighted by Crippen LogP contribution is -2.22. The Bertz CT molecular complexity index is 792. The SMILES string of the molecule is COc1cc(C(=O)Nc2cccc(C(=O)N(C)C)c2)cc(OC)c1OC. The fourth-order valence-corrected chi connectivity index (χ4v) is 2.40. The maximum Gasteiger partial charge on any atom is 0.255 e. The first kappa shape index (κ1) is 19.1. The summed E-state index contributed by atoms with van der Waals surface area (Å²) in [6.45, 7) is 0. The predicted octanol–water partition coefficient (Wildman–Crippen LogP) is 2.67. The zero-order chi connectivity index (χ0) is 19.3. The minimum absolute atomic E-state index is 0.145. The molecule has 138 valence electrons. The first-order valence-electron chi connectivity index (χ1n) is 7.84. The molecule has 2 aromatic rings. The van der Waals surface area contributed by atoms with Gasteiger partial charge in [-0.3, -0.25) is 9.59 Å². The van der Waals surface area contributed by atoms with Gasteiger partial charge in [0.1, 0.15) is 0 Å². The van der Waals surface area contributed by atoms with E-state index in [1.807, 2.05) is 0 Å². The highest BCUT2D eigenvalue weighted by Gasteiger charge is 2.17. The van der Waals surface area contributed by atoms with E-state index in [1.165, 1.54) is 26.2 Å². The first-order valence-corrected chi connectivity index (χ1v) is 7.84. The maximum absolute atomic E-state index is 12.6. The topological polar surface area (TPSA) is 77.1 Å². The molecule has 0 saturated carbocycles.